The summed E-state index contributed by atoms with van der Waals surface area (Å²) in [5.74, 6) is -1.52. The molecule has 2 N–H and O–H groups in total. The number of hydrogen-bond donors (Lipinski definition) is 2. The predicted molar refractivity (Wildman–Crippen MR) is 103 cm³/mol. The summed E-state index contributed by atoms with van der Waals surface area (Å²) in [6.07, 6.45) is 6.43. The summed E-state index contributed by atoms with van der Waals surface area (Å²) in [4.78, 5) is 39.7. The highest BCUT2D eigenvalue weighted by Crippen LogP contribution is 2.25. The molecule has 1 fully saturated rings. The van der Waals surface area contributed by atoms with Crippen LogP contribution in [0.25, 0.3) is 0 Å². The SMILES string of the molecule is COCCNC(=O)[C@@H](c1ccco1)N(C(=O)C(=O)NC1CCCCC1)C(C)C. The fourth-order valence-corrected chi connectivity index (χ4v) is 3.47. The molecule has 0 spiro atoms. The smallest absolute Gasteiger partial charge is 0.313 e. The average Bonchev–Trinajstić information content (AvgIpc) is 3.20. The molecule has 1 aromatic rings. The summed E-state index contributed by atoms with van der Waals surface area (Å²) in [5.41, 5.74) is 0. The molecule has 8 heteroatoms. The normalized spacial score (nSPS) is 15.9. The predicted octanol–water partition coefficient (Wildman–Crippen LogP) is 1.77. The minimum absolute atomic E-state index is 0.0109. The lowest BCUT2D eigenvalue weighted by Crippen LogP contribution is -2.53. The minimum atomic E-state index is -1.03. The number of hydrogen-bond acceptors (Lipinski definition) is 5. The van der Waals surface area contributed by atoms with Crippen molar-refractivity contribution in [1.29, 1.82) is 0 Å². The van der Waals surface area contributed by atoms with Crippen LogP contribution in [0, 0.1) is 0 Å². The Morgan fingerprint density at radius 3 is 2.54 bits per heavy atom. The fraction of sp³-hybridized carbons (Fsp3) is 0.650. The van der Waals surface area contributed by atoms with Gasteiger partial charge in [-0.2, -0.15) is 0 Å². The van der Waals surface area contributed by atoms with Crippen molar-refractivity contribution >= 4 is 17.7 Å². The van der Waals surface area contributed by atoms with E-state index in [2.05, 4.69) is 10.6 Å². The largest absolute Gasteiger partial charge is 0.467 e. The summed E-state index contributed by atoms with van der Waals surface area (Å²) in [5, 5.41) is 5.57. The van der Waals surface area contributed by atoms with Gasteiger partial charge in [-0.05, 0) is 38.8 Å². The van der Waals surface area contributed by atoms with Crippen molar-refractivity contribution in [2.45, 2.75) is 64.1 Å². The van der Waals surface area contributed by atoms with Gasteiger partial charge in [0.2, 0.25) is 0 Å². The summed E-state index contributed by atoms with van der Waals surface area (Å²) in [6.45, 7) is 4.17. The maximum atomic E-state index is 13.0. The Balaban J connectivity index is 2.18. The highest BCUT2D eigenvalue weighted by Gasteiger charge is 2.38. The molecular formula is C20H31N3O5. The molecule has 156 valence electrons. The van der Waals surface area contributed by atoms with Crippen LogP contribution in [0.1, 0.15) is 57.8 Å². The first-order valence-corrected chi connectivity index (χ1v) is 9.89. The number of furan rings is 1. The van der Waals surface area contributed by atoms with E-state index in [1.165, 1.54) is 18.3 Å². The van der Waals surface area contributed by atoms with Gasteiger partial charge in [0.25, 0.3) is 5.91 Å². The first-order valence-electron chi connectivity index (χ1n) is 9.89. The molecule has 2 rings (SSSR count). The van der Waals surface area contributed by atoms with E-state index in [0.717, 1.165) is 32.1 Å². The average molecular weight is 393 g/mol. The molecule has 0 saturated heterocycles. The van der Waals surface area contributed by atoms with Gasteiger partial charge in [0.15, 0.2) is 6.04 Å². The number of methoxy groups -OCH3 is 1. The molecule has 1 aromatic heterocycles. The van der Waals surface area contributed by atoms with Crippen molar-refractivity contribution in [3.8, 4) is 0 Å². The highest BCUT2D eigenvalue weighted by atomic mass is 16.5. The standard InChI is InChI=1S/C20H31N3O5/c1-14(2)23(20(26)19(25)22-15-8-5-4-6-9-15)17(16-10-7-12-28-16)18(24)21-11-13-27-3/h7,10,12,14-15,17H,4-6,8-9,11,13H2,1-3H3,(H,21,24)(H,22,25)/t17-/m1/s1. The van der Waals surface area contributed by atoms with Crippen LogP contribution >= 0.6 is 0 Å². The van der Waals surface area contributed by atoms with Crippen molar-refractivity contribution < 1.29 is 23.5 Å². The molecule has 0 aliphatic heterocycles. The number of nitrogens with one attached hydrogen (secondary N) is 2. The molecule has 28 heavy (non-hydrogen) atoms. The van der Waals surface area contributed by atoms with E-state index in [9.17, 15) is 14.4 Å². The topological polar surface area (TPSA) is 101 Å². The van der Waals surface area contributed by atoms with E-state index in [0.29, 0.717) is 18.9 Å². The summed E-state index contributed by atoms with van der Waals surface area (Å²) in [6, 6.07) is 1.87. The number of ether oxygens (including phenoxy) is 1. The van der Waals surface area contributed by atoms with Crippen molar-refractivity contribution in [3.05, 3.63) is 24.2 Å². The number of carbonyl (C=O) groups is 3. The molecule has 1 atom stereocenters. The second-order valence-electron chi connectivity index (χ2n) is 7.32. The second-order valence-corrected chi connectivity index (χ2v) is 7.32. The Kier molecular flexibility index (Phi) is 8.50. The zero-order valence-electron chi connectivity index (χ0n) is 16.9. The number of nitrogens with zero attached hydrogens (tertiary/aromatic N) is 1. The highest BCUT2D eigenvalue weighted by molar-refractivity contribution is 6.35. The van der Waals surface area contributed by atoms with Crippen molar-refractivity contribution in [1.82, 2.24) is 15.5 Å². The van der Waals surface area contributed by atoms with E-state index in [4.69, 9.17) is 9.15 Å². The number of rotatable bonds is 8. The van der Waals surface area contributed by atoms with Crippen LogP contribution in [-0.4, -0.2) is 55.0 Å². The molecule has 0 aromatic carbocycles. The third-order valence-electron chi connectivity index (χ3n) is 4.87. The molecule has 1 aliphatic rings. The first-order chi connectivity index (χ1) is 13.5. The molecule has 1 saturated carbocycles. The van der Waals surface area contributed by atoms with E-state index in [1.54, 1.807) is 26.0 Å². The lowest BCUT2D eigenvalue weighted by atomic mass is 9.95. The maximum Gasteiger partial charge on any atom is 0.313 e. The van der Waals surface area contributed by atoms with Gasteiger partial charge in [0, 0.05) is 25.7 Å². The Hall–Kier alpha value is -2.35. The van der Waals surface area contributed by atoms with Gasteiger partial charge in [-0.25, -0.2) is 0 Å². The van der Waals surface area contributed by atoms with Gasteiger partial charge in [-0.1, -0.05) is 19.3 Å². The van der Waals surface area contributed by atoms with Crippen LogP contribution in [0.4, 0.5) is 0 Å². The van der Waals surface area contributed by atoms with Gasteiger partial charge >= 0.3 is 11.8 Å². The lowest BCUT2D eigenvalue weighted by molar-refractivity contribution is -0.152. The van der Waals surface area contributed by atoms with E-state index >= 15 is 0 Å². The molecule has 1 heterocycles. The molecule has 3 amide bonds. The Morgan fingerprint density at radius 1 is 1.25 bits per heavy atom. The summed E-state index contributed by atoms with van der Waals surface area (Å²) in [7, 11) is 1.54. The van der Waals surface area contributed by atoms with Crippen molar-refractivity contribution in [2.24, 2.45) is 0 Å². The second kappa shape index (κ2) is 10.8. The minimum Gasteiger partial charge on any atom is -0.467 e. The molecular weight excluding hydrogens is 362 g/mol. The van der Waals surface area contributed by atoms with Gasteiger partial charge in [-0.3, -0.25) is 14.4 Å². The third kappa shape index (κ3) is 5.82. The molecule has 0 bridgehead atoms. The molecule has 8 nitrogen and oxygen atoms in total. The van der Waals surface area contributed by atoms with Gasteiger partial charge in [0.1, 0.15) is 5.76 Å². The summed E-state index contributed by atoms with van der Waals surface area (Å²) < 4.78 is 10.4. The van der Waals surface area contributed by atoms with E-state index in [1.807, 2.05) is 0 Å². The Labute approximate surface area is 166 Å². The first kappa shape index (κ1) is 21.9. The van der Waals surface area contributed by atoms with Crippen LogP contribution in [0.15, 0.2) is 22.8 Å². The maximum absolute atomic E-state index is 13.0. The number of amides is 3. The zero-order valence-corrected chi connectivity index (χ0v) is 16.9. The van der Waals surface area contributed by atoms with Crippen LogP contribution in [-0.2, 0) is 19.1 Å². The van der Waals surface area contributed by atoms with Crippen LogP contribution in [0.3, 0.4) is 0 Å². The Morgan fingerprint density at radius 2 is 1.96 bits per heavy atom. The molecule has 0 radical (unpaired) electrons. The van der Waals surface area contributed by atoms with Crippen molar-refractivity contribution in [3.63, 3.8) is 0 Å². The van der Waals surface area contributed by atoms with E-state index in [-0.39, 0.29) is 12.1 Å². The fourth-order valence-electron chi connectivity index (χ4n) is 3.47. The lowest BCUT2D eigenvalue weighted by Gasteiger charge is -2.33. The number of carbonyl (C=O) groups excluding carboxylic acids is 3. The zero-order chi connectivity index (χ0) is 20.5. The molecule has 0 unspecified atom stereocenters. The Bertz CT molecular complexity index is 638. The monoisotopic (exact) mass is 393 g/mol. The van der Waals surface area contributed by atoms with Crippen LogP contribution in [0.5, 0.6) is 0 Å². The third-order valence-corrected chi connectivity index (χ3v) is 4.87. The summed E-state index contributed by atoms with van der Waals surface area (Å²) >= 11 is 0. The van der Waals surface area contributed by atoms with Gasteiger partial charge in [0.05, 0.1) is 12.9 Å². The van der Waals surface area contributed by atoms with E-state index < -0.39 is 23.8 Å². The quantitative estimate of drug-likeness (QED) is 0.518. The molecule has 1 aliphatic carbocycles. The van der Waals surface area contributed by atoms with Crippen LogP contribution in [0.2, 0.25) is 0 Å². The van der Waals surface area contributed by atoms with Gasteiger partial charge < -0.3 is 24.7 Å². The van der Waals surface area contributed by atoms with Crippen LogP contribution < -0.4 is 10.6 Å². The van der Waals surface area contributed by atoms with Gasteiger partial charge in [-0.15, -0.1) is 0 Å². The van der Waals surface area contributed by atoms with Crippen molar-refractivity contribution in [2.75, 3.05) is 20.3 Å².